The molecule has 0 spiro atoms. The number of aromatic nitrogens is 4. The van der Waals surface area contributed by atoms with Crippen LogP contribution < -0.4 is 5.73 Å². The molecule has 3 aromatic rings. The van der Waals surface area contributed by atoms with Crippen molar-refractivity contribution >= 4 is 17.4 Å². The number of fused-ring (bicyclic) bond motifs is 1. The van der Waals surface area contributed by atoms with E-state index >= 15 is 0 Å². The Balaban J connectivity index is 1.91. The zero-order valence-corrected chi connectivity index (χ0v) is 11.0. The van der Waals surface area contributed by atoms with Gasteiger partial charge in [-0.15, -0.1) is 10.2 Å². The molecule has 1 atom stereocenters. The Hall–Kier alpha value is -1.92. The van der Waals surface area contributed by atoms with Crippen LogP contribution in [-0.2, 0) is 0 Å². The number of pyridine rings is 2. The lowest BCUT2D eigenvalue weighted by atomic mass is 10.3. The molecule has 3 heterocycles. The number of nitrogens with zero attached hydrogens (tertiary/aromatic N) is 4. The van der Waals surface area contributed by atoms with Crippen molar-refractivity contribution in [3.63, 3.8) is 0 Å². The van der Waals surface area contributed by atoms with Gasteiger partial charge in [0.1, 0.15) is 0 Å². The molecule has 1 unspecified atom stereocenters. The van der Waals surface area contributed by atoms with E-state index in [0.717, 1.165) is 16.5 Å². The van der Waals surface area contributed by atoms with E-state index < -0.39 is 0 Å². The van der Waals surface area contributed by atoms with Gasteiger partial charge in [-0.05, 0) is 24.3 Å². The molecular weight excluding hydrogens is 258 g/mol. The van der Waals surface area contributed by atoms with Gasteiger partial charge < -0.3 is 5.73 Å². The fraction of sp³-hybridized carbons (Fsp3) is 0.154. The third-order valence-corrected chi connectivity index (χ3v) is 3.97. The highest BCUT2D eigenvalue weighted by atomic mass is 32.2. The minimum atomic E-state index is 0.0776. The third kappa shape index (κ3) is 2.45. The van der Waals surface area contributed by atoms with Crippen LogP contribution in [0.25, 0.3) is 5.65 Å². The Morgan fingerprint density at radius 3 is 2.84 bits per heavy atom. The van der Waals surface area contributed by atoms with Crippen LogP contribution in [0.2, 0.25) is 0 Å². The summed E-state index contributed by atoms with van der Waals surface area (Å²) in [6.45, 7) is 0.503. The van der Waals surface area contributed by atoms with E-state index in [9.17, 15) is 0 Å². The van der Waals surface area contributed by atoms with Crippen LogP contribution in [0.5, 0.6) is 0 Å². The lowest BCUT2D eigenvalue weighted by Crippen LogP contribution is -2.11. The highest BCUT2D eigenvalue weighted by Crippen LogP contribution is 2.32. The minimum Gasteiger partial charge on any atom is -0.329 e. The Morgan fingerprint density at radius 2 is 2.05 bits per heavy atom. The summed E-state index contributed by atoms with van der Waals surface area (Å²) in [7, 11) is 0. The molecule has 0 amide bonds. The number of nitrogens with two attached hydrogens (primary N) is 1. The Labute approximate surface area is 114 Å². The van der Waals surface area contributed by atoms with Gasteiger partial charge >= 0.3 is 0 Å². The molecule has 0 aromatic carbocycles. The molecule has 0 saturated heterocycles. The van der Waals surface area contributed by atoms with Crippen LogP contribution in [0.1, 0.15) is 10.9 Å². The molecular formula is C13H13N5S. The standard InChI is InChI=1S/C13H13N5S/c14-9-11(10-5-1-3-7-15-10)19-13-17-16-12-6-2-4-8-18(12)13/h1-8,11H,9,14H2. The van der Waals surface area contributed by atoms with E-state index in [0.29, 0.717) is 6.54 Å². The molecule has 0 aliphatic heterocycles. The van der Waals surface area contributed by atoms with Crippen molar-refractivity contribution < 1.29 is 0 Å². The Bertz CT molecular complexity index is 667. The van der Waals surface area contributed by atoms with Crippen molar-refractivity contribution in [2.75, 3.05) is 6.54 Å². The van der Waals surface area contributed by atoms with Gasteiger partial charge in [-0.25, -0.2) is 0 Å². The van der Waals surface area contributed by atoms with Gasteiger partial charge in [-0.3, -0.25) is 9.38 Å². The number of hydrogen-bond donors (Lipinski definition) is 1. The smallest absolute Gasteiger partial charge is 0.196 e. The van der Waals surface area contributed by atoms with Gasteiger partial charge in [0.25, 0.3) is 0 Å². The van der Waals surface area contributed by atoms with Crippen LogP contribution in [0.4, 0.5) is 0 Å². The molecule has 5 nitrogen and oxygen atoms in total. The van der Waals surface area contributed by atoms with Gasteiger partial charge in [-0.2, -0.15) is 0 Å². The van der Waals surface area contributed by atoms with E-state index in [2.05, 4.69) is 15.2 Å². The molecule has 0 aliphatic carbocycles. The third-order valence-electron chi connectivity index (χ3n) is 2.76. The molecule has 96 valence electrons. The quantitative estimate of drug-likeness (QED) is 0.734. The summed E-state index contributed by atoms with van der Waals surface area (Å²) >= 11 is 1.58. The molecule has 6 heteroatoms. The number of hydrogen-bond acceptors (Lipinski definition) is 5. The second kappa shape index (κ2) is 5.38. The fourth-order valence-corrected chi connectivity index (χ4v) is 2.79. The van der Waals surface area contributed by atoms with Crippen LogP contribution >= 0.6 is 11.8 Å². The predicted octanol–water partition coefficient (Wildman–Crippen LogP) is 1.92. The lowest BCUT2D eigenvalue weighted by Gasteiger charge is -2.12. The summed E-state index contributed by atoms with van der Waals surface area (Å²) < 4.78 is 1.95. The molecule has 0 saturated carbocycles. The first-order chi connectivity index (χ1) is 9.38. The van der Waals surface area contributed by atoms with Gasteiger partial charge in [0.15, 0.2) is 10.8 Å². The van der Waals surface area contributed by atoms with Crippen LogP contribution in [0, 0.1) is 0 Å². The fourth-order valence-electron chi connectivity index (χ4n) is 1.82. The maximum Gasteiger partial charge on any atom is 0.196 e. The highest BCUT2D eigenvalue weighted by molar-refractivity contribution is 7.99. The molecule has 3 aromatic heterocycles. The zero-order valence-electron chi connectivity index (χ0n) is 10.2. The number of thioether (sulfide) groups is 1. The summed E-state index contributed by atoms with van der Waals surface area (Å²) in [4.78, 5) is 4.35. The highest BCUT2D eigenvalue weighted by Gasteiger charge is 2.16. The minimum absolute atomic E-state index is 0.0776. The van der Waals surface area contributed by atoms with Crippen molar-refractivity contribution in [3.05, 3.63) is 54.5 Å². The lowest BCUT2D eigenvalue weighted by molar-refractivity contribution is 0.867. The summed E-state index contributed by atoms with van der Waals surface area (Å²) in [5.41, 5.74) is 7.64. The summed E-state index contributed by atoms with van der Waals surface area (Å²) in [5, 5.41) is 9.24. The second-order valence-corrected chi connectivity index (χ2v) is 5.18. The average molecular weight is 271 g/mol. The summed E-state index contributed by atoms with van der Waals surface area (Å²) in [5.74, 6) is 0. The molecule has 0 radical (unpaired) electrons. The number of rotatable bonds is 4. The van der Waals surface area contributed by atoms with Crippen LogP contribution in [0.3, 0.4) is 0 Å². The van der Waals surface area contributed by atoms with Crippen molar-refractivity contribution in [1.82, 2.24) is 19.6 Å². The van der Waals surface area contributed by atoms with E-state index in [1.165, 1.54) is 0 Å². The Kier molecular flexibility index (Phi) is 3.43. The van der Waals surface area contributed by atoms with Crippen molar-refractivity contribution in [2.45, 2.75) is 10.4 Å². The maximum absolute atomic E-state index is 5.85. The largest absolute Gasteiger partial charge is 0.329 e. The predicted molar refractivity (Wildman–Crippen MR) is 74.9 cm³/mol. The summed E-state index contributed by atoms with van der Waals surface area (Å²) in [6.07, 6.45) is 3.73. The van der Waals surface area contributed by atoms with Crippen molar-refractivity contribution in [3.8, 4) is 0 Å². The monoisotopic (exact) mass is 271 g/mol. The van der Waals surface area contributed by atoms with Gasteiger partial charge in [0.2, 0.25) is 0 Å². The van der Waals surface area contributed by atoms with Gasteiger partial charge in [-0.1, -0.05) is 23.9 Å². The van der Waals surface area contributed by atoms with E-state index in [1.54, 1.807) is 18.0 Å². The zero-order chi connectivity index (χ0) is 13.1. The topological polar surface area (TPSA) is 69.1 Å². The van der Waals surface area contributed by atoms with Crippen molar-refractivity contribution in [1.29, 1.82) is 0 Å². The van der Waals surface area contributed by atoms with Crippen LogP contribution in [0.15, 0.2) is 53.9 Å². The first-order valence-electron chi connectivity index (χ1n) is 5.96. The first-order valence-corrected chi connectivity index (χ1v) is 6.84. The molecule has 0 fully saturated rings. The normalized spacial score (nSPS) is 12.7. The molecule has 0 aliphatic rings. The van der Waals surface area contributed by atoms with Crippen molar-refractivity contribution in [2.24, 2.45) is 5.73 Å². The summed E-state index contributed by atoms with van der Waals surface area (Å²) in [6, 6.07) is 11.7. The van der Waals surface area contributed by atoms with E-state index in [1.807, 2.05) is 47.0 Å². The van der Waals surface area contributed by atoms with Gasteiger partial charge in [0.05, 0.1) is 10.9 Å². The molecule has 3 rings (SSSR count). The molecule has 2 N–H and O–H groups in total. The SMILES string of the molecule is NCC(Sc1nnc2ccccn12)c1ccccn1. The first kappa shape index (κ1) is 12.1. The van der Waals surface area contributed by atoms with Crippen LogP contribution in [-0.4, -0.2) is 26.1 Å². The maximum atomic E-state index is 5.85. The van der Waals surface area contributed by atoms with E-state index in [-0.39, 0.29) is 5.25 Å². The van der Waals surface area contributed by atoms with Gasteiger partial charge in [0, 0.05) is 18.9 Å². The molecule has 19 heavy (non-hydrogen) atoms. The van der Waals surface area contributed by atoms with E-state index in [4.69, 9.17) is 5.73 Å². The average Bonchev–Trinajstić information content (AvgIpc) is 2.89. The molecule has 0 bridgehead atoms. The second-order valence-electron chi connectivity index (χ2n) is 4.01. The Morgan fingerprint density at radius 1 is 1.16 bits per heavy atom.